The Labute approximate surface area is 165 Å². The first-order valence-electron chi connectivity index (χ1n) is 8.80. The zero-order chi connectivity index (χ0) is 20.6. The van der Waals surface area contributed by atoms with Gasteiger partial charge < -0.3 is 19.8 Å². The number of hydrogen-bond acceptors (Lipinski definition) is 5. The minimum atomic E-state index is -1.82. The van der Waals surface area contributed by atoms with Gasteiger partial charge in [0.1, 0.15) is 12.4 Å². The van der Waals surface area contributed by atoms with Gasteiger partial charge in [0, 0.05) is 43.3 Å². The summed E-state index contributed by atoms with van der Waals surface area (Å²) < 4.78 is 6.03. The standard InChI is InChI=1S/C17H27ClN2O.C2H2O4/c1-17(2,3)15-13-14(18)5-6-16(15)21-12-11-20-9-7-19(4)8-10-20;3-1(4)2(5)6/h5-6,13H,7-12H2,1-4H3;(H,3,4)(H,5,6). The maximum atomic E-state index is 9.10. The van der Waals surface area contributed by atoms with Crippen LogP contribution in [0.25, 0.3) is 0 Å². The number of carboxylic acid groups (broad SMARTS) is 2. The number of nitrogens with zero attached hydrogens (tertiary/aromatic N) is 2. The smallest absolute Gasteiger partial charge is 0.414 e. The molecule has 0 radical (unpaired) electrons. The predicted octanol–water partition coefficient (Wildman–Crippen LogP) is 2.42. The van der Waals surface area contributed by atoms with Crippen LogP contribution in [0, 0.1) is 0 Å². The van der Waals surface area contributed by atoms with Crippen molar-refractivity contribution in [2.75, 3.05) is 46.4 Å². The van der Waals surface area contributed by atoms with Gasteiger partial charge >= 0.3 is 11.9 Å². The van der Waals surface area contributed by atoms with Crippen LogP contribution in [0.15, 0.2) is 18.2 Å². The molecule has 0 saturated carbocycles. The number of piperazine rings is 1. The average Bonchev–Trinajstić information content (AvgIpc) is 2.57. The fourth-order valence-electron chi connectivity index (χ4n) is 2.57. The number of halogens is 1. The third-order valence-electron chi connectivity index (χ3n) is 4.19. The number of hydrogen-bond donors (Lipinski definition) is 2. The van der Waals surface area contributed by atoms with Gasteiger partial charge in [0.25, 0.3) is 0 Å². The van der Waals surface area contributed by atoms with E-state index in [-0.39, 0.29) is 5.41 Å². The van der Waals surface area contributed by atoms with Crippen LogP contribution in [-0.2, 0) is 15.0 Å². The number of ether oxygens (including phenoxy) is 1. The highest BCUT2D eigenvalue weighted by Gasteiger charge is 2.20. The molecule has 0 amide bonds. The number of benzene rings is 1. The highest BCUT2D eigenvalue weighted by Crippen LogP contribution is 2.33. The van der Waals surface area contributed by atoms with E-state index >= 15 is 0 Å². The van der Waals surface area contributed by atoms with E-state index in [0.717, 1.165) is 50.1 Å². The van der Waals surface area contributed by atoms with Crippen molar-refractivity contribution >= 4 is 23.5 Å². The first-order chi connectivity index (χ1) is 12.5. The van der Waals surface area contributed by atoms with Crippen LogP contribution >= 0.6 is 11.6 Å². The zero-order valence-corrected chi connectivity index (χ0v) is 17.1. The SMILES string of the molecule is CN1CCN(CCOc2ccc(Cl)cc2C(C)(C)C)CC1.O=C(O)C(=O)O. The highest BCUT2D eigenvalue weighted by molar-refractivity contribution is 6.30. The predicted molar refractivity (Wildman–Crippen MR) is 105 cm³/mol. The van der Waals surface area contributed by atoms with E-state index in [1.807, 2.05) is 18.2 Å². The molecule has 0 aromatic heterocycles. The summed E-state index contributed by atoms with van der Waals surface area (Å²) in [5.41, 5.74) is 1.21. The molecule has 0 atom stereocenters. The number of aliphatic carboxylic acids is 2. The monoisotopic (exact) mass is 400 g/mol. The van der Waals surface area contributed by atoms with Gasteiger partial charge in [-0.25, -0.2) is 9.59 Å². The van der Waals surface area contributed by atoms with Crippen molar-refractivity contribution in [1.82, 2.24) is 9.80 Å². The summed E-state index contributed by atoms with van der Waals surface area (Å²) >= 11 is 6.12. The third-order valence-corrected chi connectivity index (χ3v) is 4.43. The lowest BCUT2D eigenvalue weighted by Gasteiger charge is -2.32. The Morgan fingerprint density at radius 3 is 2.15 bits per heavy atom. The van der Waals surface area contributed by atoms with E-state index in [1.165, 1.54) is 5.56 Å². The molecule has 0 unspecified atom stereocenters. The van der Waals surface area contributed by atoms with Crippen molar-refractivity contribution in [3.05, 3.63) is 28.8 Å². The summed E-state index contributed by atoms with van der Waals surface area (Å²) in [6.07, 6.45) is 0. The first kappa shape index (κ1) is 23.2. The minimum Gasteiger partial charge on any atom is -0.492 e. The molecule has 1 heterocycles. The lowest BCUT2D eigenvalue weighted by atomic mass is 9.86. The molecule has 1 aliphatic heterocycles. The van der Waals surface area contributed by atoms with Gasteiger partial charge in [-0.05, 0) is 30.7 Å². The molecule has 0 bridgehead atoms. The zero-order valence-electron chi connectivity index (χ0n) is 16.4. The Morgan fingerprint density at radius 2 is 1.67 bits per heavy atom. The molecule has 1 fully saturated rings. The van der Waals surface area contributed by atoms with Crippen molar-refractivity contribution in [1.29, 1.82) is 0 Å². The summed E-state index contributed by atoms with van der Waals surface area (Å²) in [7, 11) is 2.18. The maximum absolute atomic E-state index is 9.10. The minimum absolute atomic E-state index is 0.0358. The van der Waals surface area contributed by atoms with E-state index in [4.69, 9.17) is 36.1 Å². The number of likely N-dealkylation sites (N-methyl/N-ethyl adjacent to an activating group) is 1. The van der Waals surface area contributed by atoms with Crippen molar-refractivity contribution in [3.8, 4) is 5.75 Å². The molecule has 27 heavy (non-hydrogen) atoms. The topological polar surface area (TPSA) is 90.3 Å². The van der Waals surface area contributed by atoms with Crippen LogP contribution in [0.1, 0.15) is 26.3 Å². The van der Waals surface area contributed by atoms with Gasteiger partial charge in [-0.2, -0.15) is 0 Å². The second kappa shape index (κ2) is 10.5. The molecular weight excluding hydrogens is 372 g/mol. The second-order valence-electron chi connectivity index (χ2n) is 7.49. The van der Waals surface area contributed by atoms with E-state index in [2.05, 4.69) is 37.6 Å². The number of carbonyl (C=O) groups is 2. The quantitative estimate of drug-likeness (QED) is 0.750. The Bertz CT molecular complexity index is 625. The summed E-state index contributed by atoms with van der Waals surface area (Å²) in [5.74, 6) is -2.69. The average molecular weight is 401 g/mol. The second-order valence-corrected chi connectivity index (χ2v) is 7.93. The number of rotatable bonds is 4. The molecule has 1 aliphatic rings. The van der Waals surface area contributed by atoms with Crippen LogP contribution in [0.5, 0.6) is 5.75 Å². The van der Waals surface area contributed by atoms with Crippen molar-refractivity contribution in [2.24, 2.45) is 0 Å². The van der Waals surface area contributed by atoms with Gasteiger partial charge in [0.2, 0.25) is 0 Å². The molecule has 1 saturated heterocycles. The molecule has 0 aliphatic carbocycles. The molecule has 1 aromatic rings. The molecule has 1 aromatic carbocycles. The molecule has 2 N–H and O–H groups in total. The lowest BCUT2D eigenvalue weighted by molar-refractivity contribution is -0.159. The maximum Gasteiger partial charge on any atom is 0.414 e. The lowest BCUT2D eigenvalue weighted by Crippen LogP contribution is -2.45. The Kier molecular flexibility index (Phi) is 9.02. The van der Waals surface area contributed by atoms with Gasteiger partial charge in [-0.15, -0.1) is 0 Å². The molecule has 7 nitrogen and oxygen atoms in total. The Morgan fingerprint density at radius 1 is 1.11 bits per heavy atom. The summed E-state index contributed by atoms with van der Waals surface area (Å²) in [6, 6.07) is 5.92. The number of carboxylic acids is 2. The molecule has 152 valence electrons. The largest absolute Gasteiger partial charge is 0.492 e. The van der Waals surface area contributed by atoms with Gasteiger partial charge in [-0.1, -0.05) is 32.4 Å². The van der Waals surface area contributed by atoms with Gasteiger partial charge in [-0.3, -0.25) is 4.90 Å². The Hall–Kier alpha value is -1.83. The summed E-state index contributed by atoms with van der Waals surface area (Å²) in [4.78, 5) is 23.0. The van der Waals surface area contributed by atoms with Crippen LogP contribution in [-0.4, -0.2) is 78.3 Å². The van der Waals surface area contributed by atoms with E-state index in [0.29, 0.717) is 0 Å². The van der Waals surface area contributed by atoms with E-state index in [1.54, 1.807) is 0 Å². The van der Waals surface area contributed by atoms with E-state index < -0.39 is 11.9 Å². The highest BCUT2D eigenvalue weighted by atomic mass is 35.5. The Balaban J connectivity index is 0.000000527. The van der Waals surface area contributed by atoms with Crippen molar-refractivity contribution in [2.45, 2.75) is 26.2 Å². The fourth-order valence-corrected chi connectivity index (χ4v) is 2.74. The van der Waals surface area contributed by atoms with Crippen LogP contribution in [0.3, 0.4) is 0 Å². The van der Waals surface area contributed by atoms with E-state index in [9.17, 15) is 0 Å². The van der Waals surface area contributed by atoms with Gasteiger partial charge in [0.15, 0.2) is 0 Å². The van der Waals surface area contributed by atoms with Crippen molar-refractivity contribution in [3.63, 3.8) is 0 Å². The van der Waals surface area contributed by atoms with Gasteiger partial charge in [0.05, 0.1) is 0 Å². The van der Waals surface area contributed by atoms with Crippen LogP contribution in [0.4, 0.5) is 0 Å². The molecule has 0 spiro atoms. The normalized spacial score (nSPS) is 15.6. The molecular formula is C19H29ClN2O5. The van der Waals surface area contributed by atoms with Crippen LogP contribution in [0.2, 0.25) is 5.02 Å². The third kappa shape index (κ3) is 8.60. The molecule has 2 rings (SSSR count). The fraction of sp³-hybridized carbons (Fsp3) is 0.579. The summed E-state index contributed by atoms with van der Waals surface area (Å²) in [6.45, 7) is 12.8. The molecule has 8 heteroatoms. The van der Waals surface area contributed by atoms with Crippen molar-refractivity contribution < 1.29 is 24.5 Å². The first-order valence-corrected chi connectivity index (χ1v) is 9.18. The van der Waals surface area contributed by atoms with Crippen LogP contribution < -0.4 is 4.74 Å². The summed E-state index contributed by atoms with van der Waals surface area (Å²) in [5, 5.41) is 15.6.